The summed E-state index contributed by atoms with van der Waals surface area (Å²) in [5, 5.41) is 0. The highest BCUT2D eigenvalue weighted by atomic mass is 14.5. The summed E-state index contributed by atoms with van der Waals surface area (Å²) in [5.74, 6) is 1.74. The van der Waals surface area contributed by atoms with Crippen molar-refractivity contribution in [2.24, 2.45) is 17.8 Å². The first-order valence-corrected chi connectivity index (χ1v) is 14.1. The molecule has 0 N–H and O–H groups in total. The highest BCUT2D eigenvalue weighted by molar-refractivity contribution is 5.81. The van der Waals surface area contributed by atoms with Crippen LogP contribution in [0.1, 0.15) is 80.7 Å². The molecule has 2 aromatic rings. The van der Waals surface area contributed by atoms with Gasteiger partial charge in [0.25, 0.3) is 0 Å². The predicted molar refractivity (Wildman–Crippen MR) is 156 cm³/mol. The van der Waals surface area contributed by atoms with Crippen LogP contribution in [0.15, 0.2) is 96.1 Å². The van der Waals surface area contributed by atoms with Crippen molar-refractivity contribution in [2.45, 2.75) is 72.1 Å². The van der Waals surface area contributed by atoms with Gasteiger partial charge in [-0.3, -0.25) is 0 Å². The van der Waals surface area contributed by atoms with Gasteiger partial charge in [-0.2, -0.15) is 0 Å². The third-order valence-corrected chi connectivity index (χ3v) is 8.99. The van der Waals surface area contributed by atoms with E-state index in [4.69, 9.17) is 6.58 Å². The van der Waals surface area contributed by atoms with Gasteiger partial charge in [0.1, 0.15) is 0 Å². The van der Waals surface area contributed by atoms with Gasteiger partial charge in [0.05, 0.1) is 0 Å². The number of allylic oxidation sites excluding steroid dienone is 8. The van der Waals surface area contributed by atoms with E-state index in [-0.39, 0.29) is 0 Å². The molecule has 186 valence electrons. The van der Waals surface area contributed by atoms with Crippen molar-refractivity contribution in [3.63, 3.8) is 0 Å². The van der Waals surface area contributed by atoms with Gasteiger partial charge in [-0.15, -0.1) is 0 Å². The molecule has 0 saturated heterocycles. The molecule has 2 aromatic carbocycles. The lowest BCUT2D eigenvalue weighted by Crippen LogP contribution is -2.31. The predicted octanol–water partition coefficient (Wildman–Crippen LogP) is 9.59. The van der Waals surface area contributed by atoms with Crippen molar-refractivity contribution in [2.75, 3.05) is 0 Å². The lowest BCUT2D eigenvalue weighted by Gasteiger charge is -2.42. The summed E-state index contributed by atoms with van der Waals surface area (Å²) < 4.78 is 0. The Labute approximate surface area is 219 Å². The topological polar surface area (TPSA) is 0 Å². The summed E-state index contributed by atoms with van der Waals surface area (Å²) >= 11 is 0. The minimum absolute atomic E-state index is 0.375. The van der Waals surface area contributed by atoms with Crippen molar-refractivity contribution >= 4 is 5.57 Å². The Balaban J connectivity index is 1.57. The van der Waals surface area contributed by atoms with E-state index < -0.39 is 0 Å². The van der Waals surface area contributed by atoms with Crippen molar-refractivity contribution in [3.05, 3.63) is 124 Å². The van der Waals surface area contributed by atoms with Crippen molar-refractivity contribution < 1.29 is 0 Å². The molecule has 0 spiro atoms. The maximum Gasteiger partial charge on any atom is 0.0123 e. The molecule has 1 fully saturated rings. The molecule has 0 heterocycles. The van der Waals surface area contributed by atoms with Crippen LogP contribution < -0.4 is 0 Å². The molecule has 0 aliphatic heterocycles. The Hall–Kier alpha value is -2.86. The second kappa shape index (κ2) is 10.3. The first-order chi connectivity index (χ1) is 17.5. The minimum Gasteiger partial charge on any atom is -0.0995 e. The SMILES string of the molecule is C=C1C(=CC2=CCc3ccccc32)CC2=CC(C)C(C(=C)CCC)C(c3ccc(CC)c(CC)c3)C12. The number of benzene rings is 2. The quantitative estimate of drug-likeness (QED) is 0.350. The van der Waals surface area contributed by atoms with E-state index in [0.717, 1.165) is 38.5 Å². The third kappa shape index (κ3) is 4.30. The van der Waals surface area contributed by atoms with Gasteiger partial charge in [-0.1, -0.05) is 119 Å². The summed E-state index contributed by atoms with van der Waals surface area (Å²) in [6, 6.07) is 16.2. The molecule has 0 aromatic heterocycles. The average Bonchev–Trinajstić information content (AvgIpc) is 3.43. The average molecular weight is 475 g/mol. The zero-order valence-electron chi connectivity index (χ0n) is 22.7. The Morgan fingerprint density at radius 2 is 1.81 bits per heavy atom. The second-order valence-electron chi connectivity index (χ2n) is 11.2. The van der Waals surface area contributed by atoms with Crippen LogP contribution in [0.4, 0.5) is 0 Å². The standard InChI is InChI=1S/C36H42/c1-7-12-23(4)34-24(5)19-32-22-31(21-29-17-16-28-13-10-11-14-33(28)29)25(6)35(32)36(34)30-18-15-26(8-2)27(9-3)20-30/h10-11,13-15,17-21,24,34-36H,4,6-9,12,16,22H2,1-3,5H3. The first-order valence-electron chi connectivity index (χ1n) is 14.1. The van der Waals surface area contributed by atoms with Crippen LogP contribution in [0.2, 0.25) is 0 Å². The molecule has 36 heavy (non-hydrogen) atoms. The molecule has 0 heteroatoms. The molecular formula is C36H42. The monoisotopic (exact) mass is 474 g/mol. The summed E-state index contributed by atoms with van der Waals surface area (Å²) in [6.07, 6.45) is 13.9. The lowest BCUT2D eigenvalue weighted by atomic mass is 9.62. The van der Waals surface area contributed by atoms with Crippen molar-refractivity contribution in [1.29, 1.82) is 0 Å². The van der Waals surface area contributed by atoms with Gasteiger partial charge in [0, 0.05) is 11.8 Å². The lowest BCUT2D eigenvalue weighted by molar-refractivity contribution is 0.322. The summed E-state index contributed by atoms with van der Waals surface area (Å²) in [4.78, 5) is 0. The van der Waals surface area contributed by atoms with Crippen LogP contribution in [-0.2, 0) is 19.3 Å². The Bertz CT molecular complexity index is 1280. The van der Waals surface area contributed by atoms with Crippen LogP contribution in [0, 0.1) is 17.8 Å². The van der Waals surface area contributed by atoms with Gasteiger partial charge in [0.15, 0.2) is 0 Å². The maximum atomic E-state index is 4.77. The van der Waals surface area contributed by atoms with Gasteiger partial charge < -0.3 is 0 Å². The van der Waals surface area contributed by atoms with Crippen LogP contribution in [0.5, 0.6) is 0 Å². The van der Waals surface area contributed by atoms with E-state index in [1.54, 1.807) is 5.57 Å². The number of fused-ring (bicyclic) bond motifs is 2. The molecule has 1 saturated carbocycles. The Morgan fingerprint density at radius 3 is 2.56 bits per heavy atom. The largest absolute Gasteiger partial charge is 0.0995 e. The van der Waals surface area contributed by atoms with E-state index >= 15 is 0 Å². The third-order valence-electron chi connectivity index (χ3n) is 8.99. The number of aryl methyl sites for hydroxylation is 2. The van der Waals surface area contributed by atoms with E-state index in [1.165, 1.54) is 50.1 Å². The second-order valence-corrected chi connectivity index (χ2v) is 11.2. The zero-order chi connectivity index (χ0) is 25.4. The van der Waals surface area contributed by atoms with E-state index in [1.807, 2.05) is 0 Å². The van der Waals surface area contributed by atoms with E-state index in [0.29, 0.717) is 23.7 Å². The minimum atomic E-state index is 0.375. The highest BCUT2D eigenvalue weighted by Crippen LogP contribution is 2.57. The molecule has 4 unspecified atom stereocenters. The van der Waals surface area contributed by atoms with Crippen LogP contribution >= 0.6 is 0 Å². The smallest absolute Gasteiger partial charge is 0.0123 e. The molecule has 3 aliphatic rings. The first kappa shape index (κ1) is 24.8. The van der Waals surface area contributed by atoms with Crippen LogP contribution in [0.25, 0.3) is 5.57 Å². The van der Waals surface area contributed by atoms with Gasteiger partial charge in [-0.05, 0) is 88.5 Å². The van der Waals surface area contributed by atoms with Gasteiger partial charge >= 0.3 is 0 Å². The Morgan fingerprint density at radius 1 is 1.03 bits per heavy atom. The normalized spacial score (nSPS) is 26.0. The zero-order valence-corrected chi connectivity index (χ0v) is 22.7. The number of rotatable bonds is 7. The Kier molecular flexibility index (Phi) is 7.07. The molecule has 3 aliphatic carbocycles. The van der Waals surface area contributed by atoms with Gasteiger partial charge in [0.2, 0.25) is 0 Å². The molecule has 0 amide bonds. The van der Waals surface area contributed by atoms with E-state index in [2.05, 4.69) is 95.0 Å². The van der Waals surface area contributed by atoms with E-state index in [9.17, 15) is 0 Å². The summed E-state index contributed by atoms with van der Waals surface area (Å²) in [7, 11) is 0. The molecular weight excluding hydrogens is 432 g/mol. The number of hydrogen-bond donors (Lipinski definition) is 0. The maximum absolute atomic E-state index is 4.77. The van der Waals surface area contributed by atoms with Crippen LogP contribution in [-0.4, -0.2) is 0 Å². The molecule has 0 radical (unpaired) electrons. The van der Waals surface area contributed by atoms with Gasteiger partial charge in [-0.25, -0.2) is 0 Å². The van der Waals surface area contributed by atoms with Crippen LogP contribution in [0.3, 0.4) is 0 Å². The fourth-order valence-corrected chi connectivity index (χ4v) is 7.27. The fourth-order valence-electron chi connectivity index (χ4n) is 7.27. The summed E-state index contributed by atoms with van der Waals surface area (Å²) in [5.41, 5.74) is 14.4. The fraction of sp³-hybridized carbons (Fsp3) is 0.389. The molecule has 5 rings (SSSR count). The molecule has 0 nitrogen and oxygen atoms in total. The molecule has 4 atom stereocenters. The summed E-state index contributed by atoms with van der Waals surface area (Å²) in [6.45, 7) is 18.7. The highest BCUT2D eigenvalue weighted by Gasteiger charge is 2.45. The molecule has 0 bridgehead atoms. The van der Waals surface area contributed by atoms with Crippen molar-refractivity contribution in [1.82, 2.24) is 0 Å². The number of hydrogen-bond acceptors (Lipinski definition) is 0. The van der Waals surface area contributed by atoms with Crippen molar-refractivity contribution in [3.8, 4) is 0 Å².